The molecule has 0 atom stereocenters. The van der Waals surface area contributed by atoms with Crippen LogP contribution >= 0.6 is 15.9 Å². The highest BCUT2D eigenvalue weighted by Gasteiger charge is 2.22. The molecule has 4 nitrogen and oxygen atoms in total. The number of rotatable bonds is 5. The SMILES string of the molecule is O=C(O)CC(=O)c1ccc(Br)c(OC(F)F)c1F. The highest BCUT2D eigenvalue weighted by atomic mass is 79.9. The van der Waals surface area contributed by atoms with Crippen LogP contribution in [0.1, 0.15) is 16.8 Å². The van der Waals surface area contributed by atoms with E-state index in [4.69, 9.17) is 5.11 Å². The fraction of sp³-hybridized carbons (Fsp3) is 0.200. The number of carbonyl (C=O) groups excluding carboxylic acids is 1. The Hall–Kier alpha value is -1.57. The minimum atomic E-state index is -3.26. The van der Waals surface area contributed by atoms with Crippen molar-refractivity contribution in [2.24, 2.45) is 0 Å². The van der Waals surface area contributed by atoms with E-state index < -0.39 is 41.9 Å². The van der Waals surface area contributed by atoms with Gasteiger partial charge in [-0.2, -0.15) is 8.78 Å². The van der Waals surface area contributed by atoms with Gasteiger partial charge >= 0.3 is 12.6 Å². The molecule has 1 aromatic rings. The molecule has 1 aromatic carbocycles. The van der Waals surface area contributed by atoms with Crippen LogP contribution in [0.3, 0.4) is 0 Å². The first-order valence-electron chi connectivity index (χ1n) is 4.50. The van der Waals surface area contributed by atoms with Crippen molar-refractivity contribution in [2.45, 2.75) is 13.0 Å². The molecule has 0 saturated carbocycles. The molecule has 0 aliphatic heterocycles. The molecular formula is C10H6BrF3O4. The van der Waals surface area contributed by atoms with Crippen LogP contribution in [0.2, 0.25) is 0 Å². The van der Waals surface area contributed by atoms with Crippen molar-refractivity contribution in [3.8, 4) is 5.75 Å². The van der Waals surface area contributed by atoms with Crippen LogP contribution in [-0.2, 0) is 4.79 Å². The van der Waals surface area contributed by atoms with Crippen LogP contribution in [-0.4, -0.2) is 23.5 Å². The number of alkyl halides is 2. The molecule has 1 rings (SSSR count). The molecule has 0 spiro atoms. The summed E-state index contributed by atoms with van der Waals surface area (Å²) in [7, 11) is 0. The van der Waals surface area contributed by atoms with Crippen molar-refractivity contribution >= 4 is 27.7 Å². The van der Waals surface area contributed by atoms with Crippen LogP contribution < -0.4 is 4.74 Å². The van der Waals surface area contributed by atoms with Gasteiger partial charge < -0.3 is 9.84 Å². The molecule has 0 aliphatic carbocycles. The second kappa shape index (κ2) is 5.85. The van der Waals surface area contributed by atoms with Crippen molar-refractivity contribution in [1.82, 2.24) is 0 Å². The van der Waals surface area contributed by atoms with E-state index in [9.17, 15) is 22.8 Å². The molecule has 18 heavy (non-hydrogen) atoms. The van der Waals surface area contributed by atoms with Gasteiger partial charge in [0.15, 0.2) is 17.3 Å². The Morgan fingerprint density at radius 1 is 1.39 bits per heavy atom. The summed E-state index contributed by atoms with van der Waals surface area (Å²) in [5.74, 6) is -4.64. The zero-order chi connectivity index (χ0) is 13.9. The minimum absolute atomic E-state index is 0.104. The lowest BCUT2D eigenvalue weighted by Crippen LogP contribution is -2.11. The summed E-state index contributed by atoms with van der Waals surface area (Å²) in [6.07, 6.45) is -0.938. The molecule has 0 amide bonds. The normalized spacial score (nSPS) is 10.5. The van der Waals surface area contributed by atoms with E-state index in [-0.39, 0.29) is 4.47 Å². The predicted molar refractivity (Wildman–Crippen MR) is 57.3 cm³/mol. The van der Waals surface area contributed by atoms with Gasteiger partial charge in [-0.15, -0.1) is 0 Å². The van der Waals surface area contributed by atoms with Crippen molar-refractivity contribution in [1.29, 1.82) is 0 Å². The van der Waals surface area contributed by atoms with E-state index in [0.29, 0.717) is 0 Å². The number of hydrogen-bond acceptors (Lipinski definition) is 3. The molecule has 98 valence electrons. The first kappa shape index (κ1) is 14.5. The Bertz CT molecular complexity index is 490. The summed E-state index contributed by atoms with van der Waals surface area (Å²) in [4.78, 5) is 21.7. The summed E-state index contributed by atoms with van der Waals surface area (Å²) in [6.45, 7) is -3.26. The number of ether oxygens (including phenoxy) is 1. The second-order valence-electron chi connectivity index (χ2n) is 3.11. The van der Waals surface area contributed by atoms with E-state index >= 15 is 0 Å². The molecule has 0 fully saturated rings. The van der Waals surface area contributed by atoms with Crippen LogP contribution in [0.5, 0.6) is 5.75 Å². The summed E-state index contributed by atoms with van der Waals surface area (Å²) in [6, 6.07) is 2.11. The molecule has 1 N–H and O–H groups in total. The Labute approximate surface area is 107 Å². The van der Waals surface area contributed by atoms with Gasteiger partial charge in [0.05, 0.1) is 10.0 Å². The fourth-order valence-electron chi connectivity index (χ4n) is 1.18. The molecule has 0 unspecified atom stereocenters. The Balaban J connectivity index is 3.15. The maximum absolute atomic E-state index is 13.7. The average molecular weight is 327 g/mol. The Kier molecular flexibility index (Phi) is 4.71. The quantitative estimate of drug-likeness (QED) is 0.667. The maximum Gasteiger partial charge on any atom is 0.387 e. The van der Waals surface area contributed by atoms with Gasteiger partial charge in [0.25, 0.3) is 0 Å². The monoisotopic (exact) mass is 326 g/mol. The Morgan fingerprint density at radius 2 is 2.00 bits per heavy atom. The molecule has 0 radical (unpaired) electrons. The zero-order valence-electron chi connectivity index (χ0n) is 8.62. The van der Waals surface area contributed by atoms with Gasteiger partial charge in [-0.25, -0.2) is 4.39 Å². The number of carboxylic acid groups (broad SMARTS) is 1. The number of carbonyl (C=O) groups is 2. The number of Topliss-reactive ketones (excluding diaryl/α,β-unsaturated/α-hetero) is 1. The average Bonchev–Trinajstić information content (AvgIpc) is 2.22. The lowest BCUT2D eigenvalue weighted by molar-refractivity contribution is -0.135. The highest BCUT2D eigenvalue weighted by Crippen LogP contribution is 2.32. The van der Waals surface area contributed by atoms with Crippen molar-refractivity contribution < 1.29 is 32.6 Å². The largest absolute Gasteiger partial charge is 0.481 e. The molecule has 0 aliphatic rings. The van der Waals surface area contributed by atoms with Crippen LogP contribution in [0.4, 0.5) is 13.2 Å². The van der Waals surface area contributed by atoms with Gasteiger partial charge in [0.2, 0.25) is 0 Å². The van der Waals surface area contributed by atoms with Gasteiger partial charge in [-0.1, -0.05) is 0 Å². The summed E-state index contributed by atoms with van der Waals surface area (Å²) < 4.78 is 41.6. The van der Waals surface area contributed by atoms with Crippen molar-refractivity contribution in [3.05, 3.63) is 28.0 Å². The van der Waals surface area contributed by atoms with Gasteiger partial charge in [0, 0.05) is 0 Å². The summed E-state index contributed by atoms with van der Waals surface area (Å²) in [5, 5.41) is 8.40. The summed E-state index contributed by atoms with van der Waals surface area (Å²) in [5.41, 5.74) is -0.615. The number of carboxylic acids is 1. The van der Waals surface area contributed by atoms with Crippen LogP contribution in [0.15, 0.2) is 16.6 Å². The van der Waals surface area contributed by atoms with E-state index in [1.807, 2.05) is 0 Å². The molecule has 0 saturated heterocycles. The standard InChI is InChI=1S/C10H6BrF3O4/c11-5-2-1-4(6(15)3-7(16)17)8(12)9(5)18-10(13)14/h1-2,10H,3H2,(H,16,17). The lowest BCUT2D eigenvalue weighted by Gasteiger charge is -2.10. The van der Waals surface area contributed by atoms with E-state index in [1.165, 1.54) is 0 Å². The molecule has 8 heteroatoms. The third-order valence-corrected chi connectivity index (χ3v) is 2.49. The van der Waals surface area contributed by atoms with Gasteiger partial charge in [-0.05, 0) is 28.1 Å². The third-order valence-electron chi connectivity index (χ3n) is 1.87. The second-order valence-corrected chi connectivity index (χ2v) is 3.96. The maximum atomic E-state index is 13.7. The highest BCUT2D eigenvalue weighted by molar-refractivity contribution is 9.10. The van der Waals surface area contributed by atoms with Crippen molar-refractivity contribution in [2.75, 3.05) is 0 Å². The molecular weight excluding hydrogens is 321 g/mol. The first-order chi connectivity index (χ1) is 8.32. The Morgan fingerprint density at radius 3 is 2.50 bits per heavy atom. The van der Waals surface area contributed by atoms with Crippen LogP contribution in [0.25, 0.3) is 0 Å². The number of hydrogen-bond donors (Lipinski definition) is 1. The van der Waals surface area contributed by atoms with Gasteiger partial charge in [0.1, 0.15) is 6.42 Å². The van der Waals surface area contributed by atoms with E-state index in [0.717, 1.165) is 12.1 Å². The fourth-order valence-corrected chi connectivity index (χ4v) is 1.58. The van der Waals surface area contributed by atoms with Gasteiger partial charge in [-0.3, -0.25) is 9.59 Å². The minimum Gasteiger partial charge on any atom is -0.481 e. The van der Waals surface area contributed by atoms with E-state index in [2.05, 4.69) is 20.7 Å². The topological polar surface area (TPSA) is 63.6 Å². The third kappa shape index (κ3) is 3.46. The molecule has 0 bridgehead atoms. The number of aliphatic carboxylic acids is 1. The van der Waals surface area contributed by atoms with E-state index in [1.54, 1.807) is 0 Å². The number of halogens is 4. The lowest BCUT2D eigenvalue weighted by atomic mass is 10.1. The van der Waals surface area contributed by atoms with Crippen molar-refractivity contribution in [3.63, 3.8) is 0 Å². The molecule has 0 aromatic heterocycles. The number of benzene rings is 1. The van der Waals surface area contributed by atoms with Crippen LogP contribution in [0, 0.1) is 5.82 Å². The smallest absolute Gasteiger partial charge is 0.387 e. The first-order valence-corrected chi connectivity index (χ1v) is 5.30. The number of ketones is 1. The zero-order valence-corrected chi connectivity index (χ0v) is 10.2. The molecule has 0 heterocycles. The predicted octanol–water partition coefficient (Wildman–Crippen LogP) is 2.85. The summed E-state index contributed by atoms with van der Waals surface area (Å²) >= 11 is 2.78.